The molecule has 1 heteroatoms. The van der Waals surface area contributed by atoms with Gasteiger partial charge in [0.2, 0.25) is 0 Å². The van der Waals surface area contributed by atoms with Gasteiger partial charge < -0.3 is 0 Å². The molecule has 0 aromatic rings. The van der Waals surface area contributed by atoms with Crippen LogP contribution in [-0.4, -0.2) is 8.07 Å². The molecule has 0 fully saturated rings. The molecule has 0 saturated heterocycles. The van der Waals surface area contributed by atoms with E-state index in [-0.39, 0.29) is 0 Å². The second-order valence-corrected chi connectivity index (χ2v) is 9.11. The minimum atomic E-state index is -0.797. The van der Waals surface area contributed by atoms with Crippen LogP contribution in [0.3, 0.4) is 0 Å². The van der Waals surface area contributed by atoms with E-state index in [4.69, 9.17) is 0 Å². The van der Waals surface area contributed by atoms with Crippen LogP contribution in [0.5, 0.6) is 0 Å². The molecule has 0 spiro atoms. The molecule has 0 aromatic carbocycles. The lowest BCUT2D eigenvalue weighted by atomic mass is 10.5. The summed E-state index contributed by atoms with van der Waals surface area (Å²) in [5.74, 6) is 6.00. The highest BCUT2D eigenvalue weighted by molar-refractivity contribution is 6.76. The van der Waals surface area contributed by atoms with Crippen molar-refractivity contribution in [2.45, 2.75) is 39.0 Å². The van der Waals surface area contributed by atoms with Gasteiger partial charge in [-0.15, -0.1) is 11.8 Å². The van der Waals surface area contributed by atoms with Gasteiger partial charge in [-0.25, -0.2) is 0 Å². The van der Waals surface area contributed by atoms with Crippen LogP contribution in [0.15, 0.2) is 0 Å². The maximum atomic E-state index is 3.09. The van der Waals surface area contributed by atoms with Crippen molar-refractivity contribution in [1.29, 1.82) is 0 Å². The van der Waals surface area contributed by atoms with Crippen LogP contribution in [0.2, 0.25) is 25.7 Å². The van der Waals surface area contributed by atoms with Crippen molar-refractivity contribution in [3.8, 4) is 11.8 Å². The molecule has 0 unspecified atom stereocenters. The van der Waals surface area contributed by atoms with Crippen molar-refractivity contribution in [1.82, 2.24) is 0 Å². The standard InChI is InChI=1S/C8H16Si/c1-5-6-7-8-9(2,3)4/h7-8H2,1-4H3. The fourth-order valence-electron chi connectivity index (χ4n) is 0.562. The van der Waals surface area contributed by atoms with Gasteiger partial charge in [-0.3, -0.25) is 0 Å². The first-order valence-electron chi connectivity index (χ1n) is 3.46. The van der Waals surface area contributed by atoms with Crippen molar-refractivity contribution in [3.63, 3.8) is 0 Å². The minimum Gasteiger partial charge on any atom is -0.107 e. The number of hydrogen-bond donors (Lipinski definition) is 0. The summed E-state index contributed by atoms with van der Waals surface area (Å²) in [5, 5.41) is 0. The van der Waals surface area contributed by atoms with Crippen molar-refractivity contribution in [2.24, 2.45) is 0 Å². The quantitative estimate of drug-likeness (QED) is 0.409. The summed E-state index contributed by atoms with van der Waals surface area (Å²) in [5.41, 5.74) is 0. The zero-order valence-corrected chi connectivity index (χ0v) is 7.91. The Hall–Kier alpha value is -0.223. The normalized spacial score (nSPS) is 10.2. The molecule has 0 amide bonds. The molecular weight excluding hydrogens is 124 g/mol. The Kier molecular flexibility index (Phi) is 3.64. The Balaban J connectivity index is 3.36. The van der Waals surface area contributed by atoms with Crippen molar-refractivity contribution in [2.75, 3.05) is 0 Å². The molecule has 0 heterocycles. The summed E-state index contributed by atoms with van der Waals surface area (Å²) < 4.78 is 0. The van der Waals surface area contributed by atoms with Crippen molar-refractivity contribution >= 4 is 8.07 Å². The summed E-state index contributed by atoms with van der Waals surface area (Å²) >= 11 is 0. The highest BCUT2D eigenvalue weighted by Gasteiger charge is 2.10. The third kappa shape index (κ3) is 7.78. The number of rotatable bonds is 2. The van der Waals surface area contributed by atoms with E-state index < -0.39 is 8.07 Å². The molecule has 0 aromatic heterocycles. The molecule has 0 bridgehead atoms. The van der Waals surface area contributed by atoms with Gasteiger partial charge in [-0.05, 0) is 13.0 Å². The molecule has 0 N–H and O–H groups in total. The Labute approximate surface area is 59.7 Å². The topological polar surface area (TPSA) is 0 Å². The van der Waals surface area contributed by atoms with Gasteiger partial charge in [0, 0.05) is 14.5 Å². The molecule has 0 aliphatic heterocycles. The molecular formula is C8H16Si. The third-order valence-corrected chi connectivity index (χ3v) is 2.93. The summed E-state index contributed by atoms with van der Waals surface area (Å²) in [7, 11) is -0.797. The van der Waals surface area contributed by atoms with Gasteiger partial charge in [0.15, 0.2) is 0 Å². The van der Waals surface area contributed by atoms with Gasteiger partial charge >= 0.3 is 0 Å². The third-order valence-electron chi connectivity index (χ3n) is 1.18. The predicted octanol–water partition coefficient (Wildman–Crippen LogP) is 2.74. The molecule has 52 valence electrons. The van der Waals surface area contributed by atoms with Gasteiger partial charge in [0.05, 0.1) is 0 Å². The Morgan fingerprint density at radius 3 is 2.11 bits per heavy atom. The average molecular weight is 140 g/mol. The zero-order valence-electron chi connectivity index (χ0n) is 6.91. The van der Waals surface area contributed by atoms with Gasteiger partial charge in [-0.1, -0.05) is 19.6 Å². The van der Waals surface area contributed by atoms with Crippen LogP contribution in [0.1, 0.15) is 13.3 Å². The fourth-order valence-corrected chi connectivity index (χ4v) is 1.44. The molecule has 0 rings (SSSR count). The lowest BCUT2D eigenvalue weighted by Gasteiger charge is -2.12. The first-order valence-corrected chi connectivity index (χ1v) is 7.16. The monoisotopic (exact) mass is 140 g/mol. The van der Waals surface area contributed by atoms with Crippen LogP contribution in [0.25, 0.3) is 0 Å². The summed E-state index contributed by atoms with van der Waals surface area (Å²) in [4.78, 5) is 0. The Morgan fingerprint density at radius 2 is 1.78 bits per heavy atom. The van der Waals surface area contributed by atoms with Gasteiger partial charge in [0.1, 0.15) is 0 Å². The molecule has 0 atom stereocenters. The fraction of sp³-hybridized carbons (Fsp3) is 0.750. The van der Waals surface area contributed by atoms with E-state index in [9.17, 15) is 0 Å². The Bertz CT molecular complexity index is 120. The smallest absolute Gasteiger partial charge is 0.0452 e. The highest BCUT2D eigenvalue weighted by Crippen LogP contribution is 2.09. The van der Waals surface area contributed by atoms with Crippen molar-refractivity contribution < 1.29 is 0 Å². The van der Waals surface area contributed by atoms with Crippen LogP contribution >= 0.6 is 0 Å². The molecule has 0 nitrogen and oxygen atoms in total. The lowest BCUT2D eigenvalue weighted by molar-refractivity contribution is 1.20. The largest absolute Gasteiger partial charge is 0.107 e. The first-order chi connectivity index (χ1) is 4.06. The minimum absolute atomic E-state index is 0.797. The van der Waals surface area contributed by atoms with Crippen LogP contribution in [-0.2, 0) is 0 Å². The predicted molar refractivity (Wildman–Crippen MR) is 46.2 cm³/mol. The van der Waals surface area contributed by atoms with E-state index in [1.54, 1.807) is 0 Å². The van der Waals surface area contributed by atoms with E-state index >= 15 is 0 Å². The summed E-state index contributed by atoms with van der Waals surface area (Å²) in [6.45, 7) is 9.04. The molecule has 0 saturated carbocycles. The molecule has 0 aliphatic rings. The van der Waals surface area contributed by atoms with E-state index in [2.05, 4.69) is 31.5 Å². The SMILES string of the molecule is CC#CCC[Si](C)(C)C. The molecule has 0 radical (unpaired) electrons. The number of hydrogen-bond acceptors (Lipinski definition) is 0. The van der Waals surface area contributed by atoms with E-state index in [0.29, 0.717) is 0 Å². The van der Waals surface area contributed by atoms with E-state index in [1.807, 2.05) is 6.92 Å². The second-order valence-electron chi connectivity index (χ2n) is 3.49. The van der Waals surface area contributed by atoms with Gasteiger partial charge in [0.25, 0.3) is 0 Å². The maximum absolute atomic E-state index is 3.09. The van der Waals surface area contributed by atoms with Gasteiger partial charge in [-0.2, -0.15) is 0 Å². The van der Waals surface area contributed by atoms with Crippen LogP contribution < -0.4 is 0 Å². The Morgan fingerprint density at radius 1 is 1.22 bits per heavy atom. The van der Waals surface area contributed by atoms with Crippen molar-refractivity contribution in [3.05, 3.63) is 0 Å². The van der Waals surface area contributed by atoms with Crippen LogP contribution in [0.4, 0.5) is 0 Å². The highest BCUT2D eigenvalue weighted by atomic mass is 28.3. The lowest BCUT2D eigenvalue weighted by Crippen LogP contribution is -2.18. The summed E-state index contributed by atoms with van der Waals surface area (Å²) in [6, 6.07) is 1.34. The van der Waals surface area contributed by atoms with Crippen LogP contribution in [0, 0.1) is 11.8 Å². The molecule has 0 aliphatic carbocycles. The van der Waals surface area contributed by atoms with E-state index in [1.165, 1.54) is 6.04 Å². The zero-order chi connectivity index (χ0) is 7.33. The molecule has 9 heavy (non-hydrogen) atoms. The maximum Gasteiger partial charge on any atom is 0.0452 e. The average Bonchev–Trinajstić information content (AvgIpc) is 1.63. The second kappa shape index (κ2) is 3.74. The first kappa shape index (κ1) is 8.78. The summed E-state index contributed by atoms with van der Waals surface area (Å²) in [6.07, 6.45) is 1.10. The van der Waals surface area contributed by atoms with E-state index in [0.717, 1.165) is 6.42 Å².